The van der Waals surface area contributed by atoms with Gasteiger partial charge in [0.1, 0.15) is 11.7 Å². The zero-order chi connectivity index (χ0) is 16.7. The van der Waals surface area contributed by atoms with Gasteiger partial charge in [-0.25, -0.2) is 4.39 Å². The molecule has 126 valence electrons. The summed E-state index contributed by atoms with van der Waals surface area (Å²) in [4.78, 5) is 9.01. The number of amidine groups is 1. The summed E-state index contributed by atoms with van der Waals surface area (Å²) in [5.41, 5.74) is 1.77. The van der Waals surface area contributed by atoms with Crippen molar-refractivity contribution in [2.24, 2.45) is 0 Å². The fraction of sp³-hybridized carbons (Fsp3) is 0.412. The van der Waals surface area contributed by atoms with Crippen molar-refractivity contribution in [1.29, 1.82) is 5.41 Å². The minimum atomic E-state index is -0.389. The number of H-pyrrole nitrogens is 1. The molecule has 2 aliphatic rings. The van der Waals surface area contributed by atoms with E-state index < -0.39 is 0 Å². The molecule has 25 heavy (non-hydrogen) atoms. The maximum absolute atomic E-state index is 14.0. The summed E-state index contributed by atoms with van der Waals surface area (Å²) in [5, 5.41) is 16.4. The number of piperazine rings is 1. The van der Waals surface area contributed by atoms with Gasteiger partial charge < -0.3 is 20.5 Å². The number of fused-ring (bicyclic) bond motifs is 2. The molecular formula is C17H20FKN6. The van der Waals surface area contributed by atoms with Gasteiger partial charge in [0.2, 0.25) is 0 Å². The summed E-state index contributed by atoms with van der Waals surface area (Å²) < 4.78 is 14.0. The number of hydrogen-bond donors (Lipinski definition) is 3. The second-order valence-corrected chi connectivity index (χ2v) is 6.42. The molecule has 4 rings (SSSR count). The van der Waals surface area contributed by atoms with Crippen LogP contribution in [0, 0.1) is 11.2 Å². The first-order valence-electron chi connectivity index (χ1n) is 8.18. The fourth-order valence-corrected chi connectivity index (χ4v) is 3.69. The van der Waals surface area contributed by atoms with Crippen molar-refractivity contribution in [1.82, 2.24) is 20.2 Å². The maximum Gasteiger partial charge on any atom is 1.00 e. The molecule has 2 aromatic heterocycles. The second kappa shape index (κ2) is 7.85. The van der Waals surface area contributed by atoms with Crippen molar-refractivity contribution in [2.75, 3.05) is 20.1 Å². The van der Waals surface area contributed by atoms with Crippen LogP contribution in [0.4, 0.5) is 10.2 Å². The molecule has 2 saturated heterocycles. The van der Waals surface area contributed by atoms with E-state index in [2.05, 4.69) is 25.5 Å². The van der Waals surface area contributed by atoms with Crippen LogP contribution in [0.3, 0.4) is 0 Å². The molecular weight excluding hydrogens is 346 g/mol. The third-order valence-corrected chi connectivity index (χ3v) is 4.87. The Kier molecular flexibility index (Phi) is 5.97. The van der Waals surface area contributed by atoms with Crippen LogP contribution in [0.25, 0.3) is 16.6 Å². The van der Waals surface area contributed by atoms with Gasteiger partial charge in [0.25, 0.3) is 0 Å². The van der Waals surface area contributed by atoms with Gasteiger partial charge in [-0.05, 0) is 30.7 Å². The molecule has 6 nitrogen and oxygen atoms in total. The average molecular weight is 366 g/mol. The quantitative estimate of drug-likeness (QED) is 0.393. The van der Waals surface area contributed by atoms with E-state index in [0.29, 0.717) is 40.6 Å². The van der Waals surface area contributed by atoms with E-state index in [1.165, 1.54) is 19.0 Å². The molecule has 0 spiro atoms. The minimum Gasteiger partial charge on any atom is -0.468 e. The summed E-state index contributed by atoms with van der Waals surface area (Å²) in [6.45, 7) is 1.67. The summed E-state index contributed by atoms with van der Waals surface area (Å²) in [6.07, 6.45) is 5.08. The average Bonchev–Trinajstić information content (AvgIpc) is 3.17. The van der Waals surface area contributed by atoms with Crippen molar-refractivity contribution in [2.45, 2.75) is 24.9 Å². The number of halogens is 1. The number of nitrogens with one attached hydrogen (secondary N) is 3. The topological polar surface area (TPSA) is 81.9 Å². The van der Waals surface area contributed by atoms with Crippen LogP contribution in [-0.2, 0) is 0 Å². The van der Waals surface area contributed by atoms with Crippen LogP contribution >= 0.6 is 0 Å². The number of nitrogens with zero attached hydrogens (tertiary/aromatic N) is 3. The van der Waals surface area contributed by atoms with Gasteiger partial charge in [-0.2, -0.15) is 0 Å². The summed E-state index contributed by atoms with van der Waals surface area (Å²) >= 11 is 0. The zero-order valence-electron chi connectivity index (χ0n) is 14.5. The first kappa shape index (κ1) is 19.0. The molecule has 0 saturated carbocycles. The van der Waals surface area contributed by atoms with E-state index in [-0.39, 0.29) is 57.2 Å². The SMILES string of the molecule is C[N-]c1[nH]c(-c2ccncc2F)cc1C(=N)N1CC2CCC(C1)N2.[K+]. The smallest absolute Gasteiger partial charge is 0.468 e. The third kappa shape index (κ3) is 3.69. The van der Waals surface area contributed by atoms with Gasteiger partial charge >= 0.3 is 51.4 Å². The van der Waals surface area contributed by atoms with E-state index >= 15 is 0 Å². The van der Waals surface area contributed by atoms with E-state index in [4.69, 9.17) is 5.41 Å². The Morgan fingerprint density at radius 1 is 1.36 bits per heavy atom. The van der Waals surface area contributed by atoms with Crippen molar-refractivity contribution in [3.8, 4) is 11.3 Å². The largest absolute Gasteiger partial charge is 1.00 e. The summed E-state index contributed by atoms with van der Waals surface area (Å²) in [6, 6.07) is 4.36. The summed E-state index contributed by atoms with van der Waals surface area (Å²) in [5.74, 6) is 0.669. The maximum atomic E-state index is 14.0. The van der Waals surface area contributed by atoms with Crippen molar-refractivity contribution < 1.29 is 55.8 Å². The number of pyridine rings is 1. The standard InChI is InChI=1S/C17H20FN6.K/c1-20-17-13(6-15(23-17)12-4-5-21-7-14(12)18)16(19)24-8-10-2-3-11(9-24)22-10;/h4-7,10-11,19,22-23H,2-3,8-9H2,1H3;/q-1;+1. The monoisotopic (exact) mass is 366 g/mol. The first-order valence-corrected chi connectivity index (χ1v) is 8.18. The molecule has 2 unspecified atom stereocenters. The molecule has 0 aliphatic carbocycles. The van der Waals surface area contributed by atoms with Crippen LogP contribution in [-0.4, -0.2) is 52.9 Å². The van der Waals surface area contributed by atoms with Crippen LogP contribution in [0.2, 0.25) is 0 Å². The van der Waals surface area contributed by atoms with Gasteiger partial charge in [0.05, 0.1) is 6.20 Å². The van der Waals surface area contributed by atoms with Crippen LogP contribution in [0.5, 0.6) is 0 Å². The van der Waals surface area contributed by atoms with Crippen molar-refractivity contribution in [3.63, 3.8) is 0 Å². The third-order valence-electron chi connectivity index (χ3n) is 4.87. The molecule has 2 aromatic rings. The Hall–Kier alpha value is -0.774. The van der Waals surface area contributed by atoms with Crippen molar-refractivity contribution in [3.05, 3.63) is 41.2 Å². The predicted molar refractivity (Wildman–Crippen MR) is 91.3 cm³/mol. The van der Waals surface area contributed by atoms with Gasteiger partial charge in [0, 0.05) is 42.5 Å². The Bertz CT molecular complexity index is 764. The van der Waals surface area contributed by atoms with Gasteiger partial charge in [0.15, 0.2) is 0 Å². The second-order valence-electron chi connectivity index (χ2n) is 6.42. The van der Waals surface area contributed by atoms with E-state index in [0.717, 1.165) is 13.1 Å². The zero-order valence-corrected chi connectivity index (χ0v) is 17.6. The number of aromatic nitrogens is 2. The van der Waals surface area contributed by atoms with Gasteiger partial charge in [-0.3, -0.25) is 10.4 Å². The molecule has 0 amide bonds. The predicted octanol–water partition coefficient (Wildman–Crippen LogP) is -0.384. The van der Waals surface area contributed by atoms with E-state index in [1.807, 2.05) is 6.07 Å². The Balaban J connectivity index is 0.00000182. The molecule has 2 atom stereocenters. The fourth-order valence-electron chi connectivity index (χ4n) is 3.69. The Morgan fingerprint density at radius 2 is 2.08 bits per heavy atom. The molecule has 3 N–H and O–H groups in total. The number of likely N-dealkylation sites (tertiary alicyclic amines) is 1. The van der Waals surface area contributed by atoms with E-state index in [9.17, 15) is 4.39 Å². The normalized spacial score (nSPS) is 21.8. The molecule has 0 radical (unpaired) electrons. The molecule has 2 bridgehead atoms. The first-order chi connectivity index (χ1) is 11.7. The molecule has 2 aliphatic heterocycles. The van der Waals surface area contributed by atoms with Gasteiger partial charge in [-0.15, -0.1) is 0 Å². The van der Waals surface area contributed by atoms with Gasteiger partial charge in [-0.1, -0.05) is 12.9 Å². The number of aromatic amines is 1. The van der Waals surface area contributed by atoms with Crippen LogP contribution in [0.15, 0.2) is 24.5 Å². The molecule has 2 fully saturated rings. The summed E-state index contributed by atoms with van der Waals surface area (Å²) in [7, 11) is 1.68. The van der Waals surface area contributed by atoms with Crippen LogP contribution in [0.1, 0.15) is 18.4 Å². The Morgan fingerprint density at radius 3 is 2.72 bits per heavy atom. The molecule has 8 heteroatoms. The Labute approximate surface area is 188 Å². The number of hydrogen-bond acceptors (Lipinski definition) is 3. The minimum absolute atomic E-state index is 0. The molecule has 4 heterocycles. The molecule has 0 aromatic carbocycles. The number of rotatable bonds is 3. The van der Waals surface area contributed by atoms with Crippen molar-refractivity contribution >= 4 is 11.7 Å². The van der Waals surface area contributed by atoms with E-state index in [1.54, 1.807) is 19.3 Å². The van der Waals surface area contributed by atoms with Crippen LogP contribution < -0.4 is 56.7 Å².